The molecule has 1 fully saturated rings. The summed E-state index contributed by atoms with van der Waals surface area (Å²) in [4.78, 5) is 11.5. The summed E-state index contributed by atoms with van der Waals surface area (Å²) in [6.45, 7) is 6.03. The molecule has 16 heavy (non-hydrogen) atoms. The lowest BCUT2D eigenvalue weighted by Crippen LogP contribution is -2.39. The van der Waals surface area contributed by atoms with Crippen molar-refractivity contribution >= 4 is 5.78 Å². The van der Waals surface area contributed by atoms with Crippen LogP contribution in [-0.4, -0.2) is 16.5 Å². The number of hydrogen-bond acceptors (Lipinski definition) is 2. The lowest BCUT2D eigenvalue weighted by molar-refractivity contribution is -0.116. The molecule has 2 heteroatoms. The Balaban J connectivity index is 2.22. The Bertz CT molecular complexity index is 335. The van der Waals surface area contributed by atoms with Crippen molar-refractivity contribution in [1.29, 1.82) is 0 Å². The van der Waals surface area contributed by atoms with Crippen LogP contribution in [0.1, 0.15) is 52.9 Å². The molecule has 0 bridgehead atoms. The van der Waals surface area contributed by atoms with E-state index in [1.165, 1.54) is 5.57 Å². The summed E-state index contributed by atoms with van der Waals surface area (Å²) in [7, 11) is 0. The van der Waals surface area contributed by atoms with Crippen LogP contribution in [0.15, 0.2) is 11.6 Å². The van der Waals surface area contributed by atoms with Crippen LogP contribution in [0.2, 0.25) is 0 Å². The van der Waals surface area contributed by atoms with E-state index in [-0.39, 0.29) is 11.2 Å². The lowest BCUT2D eigenvalue weighted by Gasteiger charge is -2.45. The van der Waals surface area contributed by atoms with Crippen LogP contribution in [0.25, 0.3) is 0 Å². The van der Waals surface area contributed by atoms with E-state index in [0.29, 0.717) is 12.3 Å². The first kappa shape index (κ1) is 11.8. The molecule has 0 amide bonds. The number of fused-ring (bicyclic) bond motifs is 1. The third-order valence-corrected chi connectivity index (χ3v) is 4.54. The maximum absolute atomic E-state index is 11.5. The van der Waals surface area contributed by atoms with Gasteiger partial charge >= 0.3 is 0 Å². The van der Waals surface area contributed by atoms with Gasteiger partial charge in [0, 0.05) is 6.42 Å². The largest absolute Gasteiger partial charge is 0.390 e. The van der Waals surface area contributed by atoms with Gasteiger partial charge in [-0.2, -0.15) is 0 Å². The van der Waals surface area contributed by atoms with Crippen molar-refractivity contribution in [3.63, 3.8) is 0 Å². The van der Waals surface area contributed by atoms with Gasteiger partial charge in [-0.3, -0.25) is 4.79 Å². The van der Waals surface area contributed by atoms with Gasteiger partial charge < -0.3 is 5.11 Å². The predicted molar refractivity (Wildman–Crippen MR) is 64.1 cm³/mol. The Morgan fingerprint density at radius 2 is 2.12 bits per heavy atom. The van der Waals surface area contributed by atoms with Gasteiger partial charge in [0.1, 0.15) is 0 Å². The monoisotopic (exact) mass is 222 g/mol. The molecule has 90 valence electrons. The standard InChI is InChI=1S/C14H22O2/c1-13(2,16)10-4-6-14(3)7-5-12(15)9-11(14)8-10/h9-10,16H,4-8H2,1-3H3/t10-,14-/m1/s1. The van der Waals surface area contributed by atoms with Crippen LogP contribution in [0.3, 0.4) is 0 Å². The van der Waals surface area contributed by atoms with Gasteiger partial charge in [-0.25, -0.2) is 0 Å². The van der Waals surface area contributed by atoms with Gasteiger partial charge in [0.05, 0.1) is 5.60 Å². The number of ketones is 1. The Kier molecular flexibility index (Phi) is 2.73. The molecule has 0 spiro atoms. The normalized spacial score (nSPS) is 35.6. The van der Waals surface area contributed by atoms with E-state index in [9.17, 15) is 9.90 Å². The molecule has 0 aromatic rings. The SMILES string of the molecule is CC(C)(O)[C@@H]1CC[C@]2(C)CCC(=O)C=C2C1. The molecule has 0 aromatic heterocycles. The van der Waals surface area contributed by atoms with E-state index < -0.39 is 5.60 Å². The topological polar surface area (TPSA) is 37.3 Å². The number of carbonyl (C=O) groups is 1. The number of allylic oxidation sites excluding steroid dienone is 2. The predicted octanol–water partition coefficient (Wildman–Crippen LogP) is 2.85. The summed E-state index contributed by atoms with van der Waals surface area (Å²) in [6, 6.07) is 0. The summed E-state index contributed by atoms with van der Waals surface area (Å²) in [5, 5.41) is 10.1. The summed E-state index contributed by atoms with van der Waals surface area (Å²) >= 11 is 0. The Morgan fingerprint density at radius 1 is 1.44 bits per heavy atom. The zero-order valence-corrected chi connectivity index (χ0v) is 10.5. The summed E-state index contributed by atoms with van der Waals surface area (Å²) in [5.74, 6) is 0.571. The maximum atomic E-state index is 11.5. The minimum Gasteiger partial charge on any atom is -0.390 e. The second-order valence-electron chi connectivity index (χ2n) is 6.29. The highest BCUT2D eigenvalue weighted by Crippen LogP contribution is 2.50. The van der Waals surface area contributed by atoms with Crippen molar-refractivity contribution in [2.24, 2.45) is 11.3 Å². The van der Waals surface area contributed by atoms with Crippen LogP contribution < -0.4 is 0 Å². The molecule has 0 unspecified atom stereocenters. The third-order valence-electron chi connectivity index (χ3n) is 4.54. The average Bonchev–Trinajstić information content (AvgIpc) is 2.16. The van der Waals surface area contributed by atoms with Gasteiger partial charge in [0.15, 0.2) is 5.78 Å². The fraction of sp³-hybridized carbons (Fsp3) is 0.786. The quantitative estimate of drug-likeness (QED) is 0.740. The average molecular weight is 222 g/mol. The van der Waals surface area contributed by atoms with Crippen LogP contribution in [-0.2, 0) is 4.79 Å². The third kappa shape index (κ3) is 2.08. The van der Waals surface area contributed by atoms with Gasteiger partial charge in [0.2, 0.25) is 0 Å². The molecule has 0 aromatic carbocycles. The number of rotatable bonds is 1. The van der Waals surface area contributed by atoms with Crippen LogP contribution in [0.4, 0.5) is 0 Å². The molecule has 2 nitrogen and oxygen atoms in total. The second kappa shape index (κ2) is 3.69. The molecule has 1 N–H and O–H groups in total. The first-order valence-electron chi connectivity index (χ1n) is 6.27. The van der Waals surface area contributed by atoms with E-state index in [1.54, 1.807) is 0 Å². The lowest BCUT2D eigenvalue weighted by atomic mass is 9.61. The highest BCUT2D eigenvalue weighted by molar-refractivity contribution is 5.91. The van der Waals surface area contributed by atoms with Crippen molar-refractivity contribution in [3.8, 4) is 0 Å². The van der Waals surface area contributed by atoms with Gasteiger partial charge in [-0.1, -0.05) is 12.5 Å². The molecule has 2 rings (SSSR count). The number of hydrogen-bond donors (Lipinski definition) is 1. The Hall–Kier alpha value is -0.630. The van der Waals surface area contributed by atoms with Gasteiger partial charge in [-0.15, -0.1) is 0 Å². The molecule has 2 aliphatic carbocycles. The van der Waals surface area contributed by atoms with E-state index in [0.717, 1.165) is 25.7 Å². The molecule has 2 atom stereocenters. The van der Waals surface area contributed by atoms with E-state index in [1.807, 2.05) is 19.9 Å². The Morgan fingerprint density at radius 3 is 2.75 bits per heavy atom. The molecular weight excluding hydrogens is 200 g/mol. The van der Waals surface area contributed by atoms with Gasteiger partial charge in [-0.05, 0) is 56.9 Å². The smallest absolute Gasteiger partial charge is 0.155 e. The van der Waals surface area contributed by atoms with E-state index >= 15 is 0 Å². The highest BCUT2D eigenvalue weighted by atomic mass is 16.3. The molecule has 0 saturated heterocycles. The Labute approximate surface area is 97.7 Å². The molecular formula is C14H22O2. The van der Waals surface area contributed by atoms with Crippen LogP contribution in [0, 0.1) is 11.3 Å². The summed E-state index contributed by atoms with van der Waals surface area (Å²) in [5.41, 5.74) is 0.889. The van der Waals surface area contributed by atoms with E-state index in [2.05, 4.69) is 6.92 Å². The van der Waals surface area contributed by atoms with Gasteiger partial charge in [0.25, 0.3) is 0 Å². The maximum Gasteiger partial charge on any atom is 0.155 e. The molecule has 0 aliphatic heterocycles. The zero-order valence-electron chi connectivity index (χ0n) is 10.5. The molecule has 1 saturated carbocycles. The first-order valence-corrected chi connectivity index (χ1v) is 6.27. The molecule has 0 radical (unpaired) electrons. The second-order valence-corrected chi connectivity index (χ2v) is 6.29. The van der Waals surface area contributed by atoms with Crippen molar-refractivity contribution < 1.29 is 9.90 Å². The highest BCUT2D eigenvalue weighted by Gasteiger charge is 2.41. The van der Waals surface area contributed by atoms with Crippen molar-refractivity contribution in [2.45, 2.75) is 58.5 Å². The van der Waals surface area contributed by atoms with Crippen LogP contribution >= 0.6 is 0 Å². The van der Waals surface area contributed by atoms with Crippen molar-refractivity contribution in [2.75, 3.05) is 0 Å². The zero-order chi connectivity index (χ0) is 12.0. The van der Waals surface area contributed by atoms with Crippen molar-refractivity contribution in [1.82, 2.24) is 0 Å². The molecule has 0 heterocycles. The fourth-order valence-corrected chi connectivity index (χ4v) is 3.05. The number of aliphatic hydroxyl groups is 1. The minimum atomic E-state index is -0.622. The minimum absolute atomic E-state index is 0.232. The first-order chi connectivity index (χ1) is 7.31. The van der Waals surface area contributed by atoms with Crippen molar-refractivity contribution in [3.05, 3.63) is 11.6 Å². The van der Waals surface area contributed by atoms with Crippen LogP contribution in [0.5, 0.6) is 0 Å². The molecule has 2 aliphatic rings. The summed E-state index contributed by atoms with van der Waals surface area (Å²) in [6.07, 6.45) is 6.63. The number of carbonyl (C=O) groups excluding carboxylic acids is 1. The summed E-state index contributed by atoms with van der Waals surface area (Å²) < 4.78 is 0. The fourth-order valence-electron chi connectivity index (χ4n) is 3.05. The van der Waals surface area contributed by atoms with E-state index in [4.69, 9.17) is 0 Å².